The zero-order chi connectivity index (χ0) is 13.8. The summed E-state index contributed by atoms with van der Waals surface area (Å²) in [5.74, 6) is 0.797. The van der Waals surface area contributed by atoms with Gasteiger partial charge >= 0.3 is 6.03 Å². The van der Waals surface area contributed by atoms with E-state index in [0.717, 1.165) is 11.3 Å². The minimum absolute atomic E-state index is 0.159. The quantitative estimate of drug-likeness (QED) is 0.810. The highest BCUT2D eigenvalue weighted by Crippen LogP contribution is 2.19. The van der Waals surface area contributed by atoms with Crippen LogP contribution in [0.1, 0.15) is 31.9 Å². The van der Waals surface area contributed by atoms with E-state index in [4.69, 9.17) is 4.74 Å². The third kappa shape index (κ3) is 4.65. The second-order valence-corrected chi connectivity index (χ2v) is 5.37. The van der Waals surface area contributed by atoms with E-state index in [1.807, 2.05) is 52.8 Å². The van der Waals surface area contributed by atoms with E-state index >= 15 is 0 Å². The van der Waals surface area contributed by atoms with Gasteiger partial charge in [0.1, 0.15) is 5.75 Å². The van der Waals surface area contributed by atoms with E-state index in [2.05, 4.69) is 10.6 Å². The van der Waals surface area contributed by atoms with Crippen molar-refractivity contribution in [2.45, 2.75) is 40.2 Å². The van der Waals surface area contributed by atoms with Crippen molar-refractivity contribution >= 4 is 6.03 Å². The maximum absolute atomic E-state index is 11.5. The average Bonchev–Trinajstić information content (AvgIpc) is 2.21. The Labute approximate surface area is 109 Å². The molecule has 1 aromatic rings. The SMILES string of the molecule is Cc1cccc(OCNC(=O)NC(C)(C)C)c1C. The summed E-state index contributed by atoms with van der Waals surface area (Å²) in [5.41, 5.74) is 2.02. The first-order valence-electron chi connectivity index (χ1n) is 6.04. The predicted molar refractivity (Wildman–Crippen MR) is 72.8 cm³/mol. The molecule has 0 aromatic heterocycles. The number of hydrogen-bond acceptors (Lipinski definition) is 2. The lowest BCUT2D eigenvalue weighted by Crippen LogP contribution is -2.47. The molecule has 100 valence electrons. The highest BCUT2D eigenvalue weighted by molar-refractivity contribution is 5.74. The van der Waals surface area contributed by atoms with E-state index in [0.29, 0.717) is 0 Å². The molecule has 4 heteroatoms. The van der Waals surface area contributed by atoms with Gasteiger partial charge in [-0.15, -0.1) is 0 Å². The molecular weight excluding hydrogens is 228 g/mol. The summed E-state index contributed by atoms with van der Waals surface area (Å²) in [4.78, 5) is 11.5. The standard InChI is InChI=1S/C14H22N2O2/c1-10-7-6-8-12(11(10)2)18-9-15-13(17)16-14(3,4)5/h6-8H,9H2,1-5H3,(H2,15,16,17). The van der Waals surface area contributed by atoms with Crippen LogP contribution in [0.4, 0.5) is 4.79 Å². The summed E-state index contributed by atoms with van der Waals surface area (Å²) in [6, 6.07) is 5.63. The highest BCUT2D eigenvalue weighted by atomic mass is 16.5. The maximum atomic E-state index is 11.5. The second kappa shape index (κ2) is 5.76. The first kappa shape index (κ1) is 14.4. The van der Waals surface area contributed by atoms with Gasteiger partial charge in [-0.1, -0.05) is 12.1 Å². The van der Waals surface area contributed by atoms with E-state index in [1.54, 1.807) is 0 Å². The number of nitrogens with one attached hydrogen (secondary N) is 2. The van der Waals surface area contributed by atoms with Crippen molar-refractivity contribution in [2.24, 2.45) is 0 Å². The molecule has 0 saturated heterocycles. The van der Waals surface area contributed by atoms with Gasteiger partial charge in [0.15, 0.2) is 6.73 Å². The lowest BCUT2D eigenvalue weighted by Gasteiger charge is -2.21. The fourth-order valence-electron chi connectivity index (χ4n) is 1.44. The fourth-order valence-corrected chi connectivity index (χ4v) is 1.44. The zero-order valence-electron chi connectivity index (χ0n) is 11.8. The van der Waals surface area contributed by atoms with Crippen LogP contribution >= 0.6 is 0 Å². The third-order valence-electron chi connectivity index (χ3n) is 2.50. The summed E-state index contributed by atoms with van der Waals surface area (Å²) in [7, 11) is 0. The van der Waals surface area contributed by atoms with Crippen molar-refractivity contribution in [1.82, 2.24) is 10.6 Å². The van der Waals surface area contributed by atoms with Crippen molar-refractivity contribution in [3.63, 3.8) is 0 Å². The molecule has 0 fully saturated rings. The number of rotatable bonds is 3. The molecule has 0 saturated carbocycles. The Balaban J connectivity index is 2.43. The van der Waals surface area contributed by atoms with Crippen LogP contribution in [0.15, 0.2) is 18.2 Å². The van der Waals surface area contributed by atoms with Crippen LogP contribution in [-0.2, 0) is 0 Å². The third-order valence-corrected chi connectivity index (χ3v) is 2.50. The normalized spacial score (nSPS) is 10.9. The zero-order valence-corrected chi connectivity index (χ0v) is 11.8. The lowest BCUT2D eigenvalue weighted by molar-refractivity contribution is 0.216. The summed E-state index contributed by atoms with van der Waals surface area (Å²) in [5, 5.41) is 5.46. The van der Waals surface area contributed by atoms with Gasteiger partial charge in [0.2, 0.25) is 0 Å². The molecule has 1 rings (SSSR count). The van der Waals surface area contributed by atoms with Crippen molar-refractivity contribution < 1.29 is 9.53 Å². The molecule has 0 aliphatic carbocycles. The fraction of sp³-hybridized carbons (Fsp3) is 0.500. The smallest absolute Gasteiger partial charge is 0.317 e. The van der Waals surface area contributed by atoms with Crippen LogP contribution in [0, 0.1) is 13.8 Å². The van der Waals surface area contributed by atoms with Crippen LogP contribution in [-0.4, -0.2) is 18.3 Å². The second-order valence-electron chi connectivity index (χ2n) is 5.37. The molecule has 0 radical (unpaired) electrons. The molecule has 0 heterocycles. The van der Waals surface area contributed by atoms with Gasteiger partial charge in [-0.3, -0.25) is 0 Å². The number of urea groups is 1. The van der Waals surface area contributed by atoms with E-state index < -0.39 is 0 Å². The first-order valence-corrected chi connectivity index (χ1v) is 6.04. The summed E-state index contributed by atoms with van der Waals surface area (Å²) in [6.45, 7) is 9.97. The Morgan fingerprint density at radius 2 is 1.94 bits per heavy atom. The molecular formula is C14H22N2O2. The molecule has 18 heavy (non-hydrogen) atoms. The van der Waals surface area contributed by atoms with Crippen LogP contribution in [0.2, 0.25) is 0 Å². The van der Waals surface area contributed by atoms with E-state index in [-0.39, 0.29) is 18.3 Å². The van der Waals surface area contributed by atoms with Crippen LogP contribution in [0.5, 0.6) is 5.75 Å². The molecule has 0 bridgehead atoms. The highest BCUT2D eigenvalue weighted by Gasteiger charge is 2.13. The largest absolute Gasteiger partial charge is 0.473 e. The molecule has 2 amide bonds. The van der Waals surface area contributed by atoms with Crippen molar-refractivity contribution in [2.75, 3.05) is 6.73 Å². The van der Waals surface area contributed by atoms with Gasteiger partial charge < -0.3 is 15.4 Å². The molecule has 0 atom stereocenters. The molecule has 0 aliphatic heterocycles. The van der Waals surface area contributed by atoms with Gasteiger partial charge in [0, 0.05) is 5.54 Å². The van der Waals surface area contributed by atoms with Crippen molar-refractivity contribution in [3.8, 4) is 5.75 Å². The van der Waals surface area contributed by atoms with Crippen LogP contribution in [0.3, 0.4) is 0 Å². The monoisotopic (exact) mass is 250 g/mol. The minimum atomic E-state index is -0.247. The van der Waals surface area contributed by atoms with Gasteiger partial charge in [0.25, 0.3) is 0 Å². The maximum Gasteiger partial charge on any atom is 0.317 e. The van der Waals surface area contributed by atoms with Gasteiger partial charge in [-0.25, -0.2) is 4.79 Å². The Morgan fingerprint density at radius 3 is 2.56 bits per heavy atom. The number of carbonyl (C=O) groups is 1. The van der Waals surface area contributed by atoms with Crippen LogP contribution in [0.25, 0.3) is 0 Å². The molecule has 0 aliphatic rings. The Bertz CT molecular complexity index is 422. The summed E-state index contributed by atoms with van der Waals surface area (Å²) >= 11 is 0. The topological polar surface area (TPSA) is 50.4 Å². The van der Waals surface area contributed by atoms with Crippen LogP contribution < -0.4 is 15.4 Å². The van der Waals surface area contributed by atoms with Crippen molar-refractivity contribution in [1.29, 1.82) is 0 Å². The number of amides is 2. The Kier molecular flexibility index (Phi) is 4.59. The first-order chi connectivity index (χ1) is 8.29. The summed E-state index contributed by atoms with van der Waals surface area (Å²) < 4.78 is 5.53. The Morgan fingerprint density at radius 1 is 1.28 bits per heavy atom. The van der Waals surface area contributed by atoms with E-state index in [1.165, 1.54) is 5.56 Å². The number of hydrogen-bond donors (Lipinski definition) is 2. The number of carbonyl (C=O) groups excluding carboxylic acids is 1. The number of aryl methyl sites for hydroxylation is 1. The van der Waals surface area contributed by atoms with Crippen molar-refractivity contribution in [3.05, 3.63) is 29.3 Å². The minimum Gasteiger partial charge on any atom is -0.473 e. The Hall–Kier alpha value is -1.71. The van der Waals surface area contributed by atoms with Gasteiger partial charge in [-0.2, -0.15) is 0 Å². The van der Waals surface area contributed by atoms with Gasteiger partial charge in [0.05, 0.1) is 0 Å². The molecule has 2 N–H and O–H groups in total. The summed E-state index contributed by atoms with van der Waals surface area (Å²) in [6.07, 6.45) is 0. The average molecular weight is 250 g/mol. The van der Waals surface area contributed by atoms with E-state index in [9.17, 15) is 4.79 Å². The number of ether oxygens (including phenoxy) is 1. The molecule has 4 nitrogen and oxygen atoms in total. The predicted octanol–water partition coefficient (Wildman–Crippen LogP) is 2.74. The molecule has 0 unspecified atom stereocenters. The molecule has 1 aromatic carbocycles. The lowest BCUT2D eigenvalue weighted by atomic mass is 10.1. The number of benzene rings is 1. The van der Waals surface area contributed by atoms with Gasteiger partial charge in [-0.05, 0) is 51.8 Å². The molecule has 0 spiro atoms.